The zero-order valence-electron chi connectivity index (χ0n) is 17.5. The average molecular weight is 535 g/mol. The number of rotatable bonds is 6. The van der Waals surface area contributed by atoms with E-state index >= 15 is 0 Å². The molecule has 0 unspecified atom stereocenters. The van der Waals surface area contributed by atoms with E-state index in [9.17, 15) is 27.6 Å². The van der Waals surface area contributed by atoms with Crippen LogP contribution in [0.2, 0.25) is 10.0 Å². The van der Waals surface area contributed by atoms with Crippen LogP contribution in [0, 0.1) is 0 Å². The highest BCUT2D eigenvalue weighted by Crippen LogP contribution is 2.38. The fourth-order valence-electron chi connectivity index (χ4n) is 3.00. The third kappa shape index (κ3) is 5.60. The van der Waals surface area contributed by atoms with Gasteiger partial charge in [0.05, 0.1) is 35.4 Å². The van der Waals surface area contributed by atoms with E-state index in [0.717, 1.165) is 12.1 Å². The summed E-state index contributed by atoms with van der Waals surface area (Å²) < 4.78 is 49.2. The van der Waals surface area contributed by atoms with Crippen molar-refractivity contribution in [2.24, 2.45) is 0 Å². The lowest BCUT2D eigenvalue weighted by atomic mass is 10.1. The summed E-state index contributed by atoms with van der Waals surface area (Å²) in [6.45, 7) is -0.727. The highest BCUT2D eigenvalue weighted by Gasteiger charge is 2.37. The highest BCUT2D eigenvalue weighted by atomic mass is 35.5. The molecule has 3 rings (SSSR count). The molecule has 1 aliphatic heterocycles. The topological polar surface area (TPSA) is 84.9 Å². The largest absolute Gasteiger partial charge is 0.495 e. The number of nitrogens with one attached hydrogen (secondary N) is 1. The Morgan fingerprint density at radius 2 is 1.85 bits per heavy atom. The summed E-state index contributed by atoms with van der Waals surface area (Å²) in [4.78, 5) is 38.2. The first kappa shape index (κ1) is 25.7. The second-order valence-corrected chi connectivity index (χ2v) is 8.58. The van der Waals surface area contributed by atoms with Crippen molar-refractivity contribution >= 4 is 63.8 Å². The molecular weight excluding hydrogens is 520 g/mol. The molecule has 1 N–H and O–H groups in total. The molecule has 0 radical (unpaired) electrons. The van der Waals surface area contributed by atoms with Gasteiger partial charge in [-0.1, -0.05) is 23.2 Å². The van der Waals surface area contributed by atoms with Crippen molar-refractivity contribution in [3.63, 3.8) is 0 Å². The van der Waals surface area contributed by atoms with Crippen LogP contribution in [0.5, 0.6) is 11.5 Å². The molecule has 0 atom stereocenters. The second-order valence-electron chi connectivity index (χ2n) is 6.74. The monoisotopic (exact) mass is 534 g/mol. The van der Waals surface area contributed by atoms with Crippen LogP contribution in [0.1, 0.15) is 11.1 Å². The first-order valence-electron chi connectivity index (χ1n) is 9.28. The maximum Gasteiger partial charge on any atom is 0.416 e. The Kier molecular flexibility index (Phi) is 7.69. The summed E-state index contributed by atoms with van der Waals surface area (Å²) in [5, 5.41) is 1.96. The van der Waals surface area contributed by atoms with E-state index < -0.39 is 35.3 Å². The summed E-state index contributed by atoms with van der Waals surface area (Å²) >= 11 is 12.7. The SMILES string of the molecule is COc1ccc(C(F)(F)F)cc1NC(=O)CN1C(=O)S/C(=C\c2cc(Cl)cc(Cl)c2OC)C1=O. The molecule has 1 aliphatic rings. The number of hydrogen-bond acceptors (Lipinski definition) is 6. The van der Waals surface area contributed by atoms with E-state index in [0.29, 0.717) is 28.3 Å². The van der Waals surface area contributed by atoms with Crippen LogP contribution in [0.25, 0.3) is 6.08 Å². The number of benzene rings is 2. The van der Waals surface area contributed by atoms with Gasteiger partial charge in [-0.2, -0.15) is 13.2 Å². The van der Waals surface area contributed by atoms with Gasteiger partial charge in [0.2, 0.25) is 5.91 Å². The second kappa shape index (κ2) is 10.2. The molecule has 0 aromatic heterocycles. The Labute approximate surface area is 205 Å². The Balaban J connectivity index is 1.81. The van der Waals surface area contributed by atoms with Crippen LogP contribution >= 0.6 is 35.0 Å². The van der Waals surface area contributed by atoms with Crippen molar-refractivity contribution < 1.29 is 37.0 Å². The Morgan fingerprint density at radius 3 is 2.47 bits per heavy atom. The molecule has 3 amide bonds. The van der Waals surface area contributed by atoms with E-state index in [1.807, 2.05) is 0 Å². The van der Waals surface area contributed by atoms with Crippen molar-refractivity contribution in [2.45, 2.75) is 6.18 Å². The minimum Gasteiger partial charge on any atom is -0.495 e. The summed E-state index contributed by atoms with van der Waals surface area (Å²) in [7, 11) is 2.58. The van der Waals surface area contributed by atoms with Crippen LogP contribution in [-0.2, 0) is 15.8 Å². The summed E-state index contributed by atoms with van der Waals surface area (Å²) in [6, 6.07) is 5.46. The van der Waals surface area contributed by atoms with Gasteiger partial charge in [-0.3, -0.25) is 19.3 Å². The predicted octanol–water partition coefficient (Wildman–Crippen LogP) is 5.70. The van der Waals surface area contributed by atoms with Crippen LogP contribution in [-0.4, -0.2) is 42.7 Å². The lowest BCUT2D eigenvalue weighted by Crippen LogP contribution is -2.36. The van der Waals surface area contributed by atoms with Crippen LogP contribution in [0.3, 0.4) is 0 Å². The Hall–Kier alpha value is -2.89. The average Bonchev–Trinajstić information content (AvgIpc) is 3.00. The third-order valence-corrected chi connectivity index (χ3v) is 5.91. The number of imide groups is 1. The van der Waals surface area contributed by atoms with Crippen molar-refractivity contribution in [1.82, 2.24) is 4.90 Å². The van der Waals surface area contributed by atoms with Gasteiger partial charge >= 0.3 is 6.18 Å². The first-order chi connectivity index (χ1) is 15.9. The number of halogens is 5. The molecular formula is C21H15Cl2F3N2O5S. The molecule has 7 nitrogen and oxygen atoms in total. The number of thioether (sulfide) groups is 1. The smallest absolute Gasteiger partial charge is 0.416 e. The Morgan fingerprint density at radius 1 is 1.15 bits per heavy atom. The van der Waals surface area contributed by atoms with Gasteiger partial charge in [0.15, 0.2) is 0 Å². The molecule has 0 bridgehead atoms. The molecule has 13 heteroatoms. The number of methoxy groups -OCH3 is 2. The van der Waals surface area contributed by atoms with Gasteiger partial charge < -0.3 is 14.8 Å². The van der Waals surface area contributed by atoms with Crippen molar-refractivity contribution in [3.05, 3.63) is 56.4 Å². The molecule has 1 saturated heterocycles. The number of alkyl halides is 3. The van der Waals surface area contributed by atoms with E-state index in [2.05, 4.69) is 5.32 Å². The van der Waals surface area contributed by atoms with Crippen molar-refractivity contribution in [2.75, 3.05) is 26.1 Å². The molecule has 180 valence electrons. The fourth-order valence-corrected chi connectivity index (χ4v) is 4.41. The predicted molar refractivity (Wildman–Crippen MR) is 122 cm³/mol. The summed E-state index contributed by atoms with van der Waals surface area (Å²) in [5.74, 6) is -1.48. The molecule has 0 aliphatic carbocycles. The lowest BCUT2D eigenvalue weighted by Gasteiger charge is -2.16. The van der Waals surface area contributed by atoms with Gasteiger partial charge in [0.25, 0.3) is 11.1 Å². The number of carbonyl (C=O) groups excluding carboxylic acids is 3. The molecule has 0 saturated carbocycles. The van der Waals surface area contributed by atoms with E-state index in [4.69, 9.17) is 32.7 Å². The summed E-state index contributed by atoms with van der Waals surface area (Å²) in [5.41, 5.74) is -0.932. The van der Waals surface area contributed by atoms with Crippen molar-refractivity contribution in [3.8, 4) is 11.5 Å². The molecule has 1 fully saturated rings. The fraction of sp³-hybridized carbons (Fsp3) is 0.190. The maximum absolute atomic E-state index is 13.0. The number of nitrogens with zero attached hydrogens (tertiary/aromatic N) is 1. The number of carbonyl (C=O) groups is 3. The van der Waals surface area contributed by atoms with Crippen LogP contribution < -0.4 is 14.8 Å². The minimum absolute atomic E-state index is 0.0221. The standard InChI is InChI=1S/C21H15Cl2F3N2O5S/c1-32-15-4-3-11(21(24,25)26)7-14(15)27-17(29)9-28-19(30)16(34-20(28)31)6-10-5-12(22)8-13(23)18(10)33-2/h3-8H,9H2,1-2H3,(H,27,29)/b16-6-. The zero-order valence-corrected chi connectivity index (χ0v) is 19.8. The normalized spacial score (nSPS) is 15.1. The van der Waals surface area contributed by atoms with Gasteiger partial charge in [0.1, 0.15) is 18.0 Å². The minimum atomic E-state index is -4.65. The van der Waals surface area contributed by atoms with Crippen molar-refractivity contribution in [1.29, 1.82) is 0 Å². The van der Waals surface area contributed by atoms with Crippen LogP contribution in [0.4, 0.5) is 23.7 Å². The van der Waals surface area contributed by atoms with Gasteiger partial charge in [-0.25, -0.2) is 0 Å². The third-order valence-electron chi connectivity index (χ3n) is 4.50. The van der Waals surface area contributed by atoms with Crippen LogP contribution in [0.15, 0.2) is 35.2 Å². The Bertz CT molecular complexity index is 1200. The maximum atomic E-state index is 13.0. The number of hydrogen-bond donors (Lipinski definition) is 1. The van der Waals surface area contributed by atoms with Gasteiger partial charge in [-0.15, -0.1) is 0 Å². The van der Waals surface area contributed by atoms with E-state index in [-0.39, 0.29) is 32.1 Å². The molecule has 0 spiro atoms. The number of anilines is 1. The van der Waals surface area contributed by atoms with Gasteiger partial charge in [0, 0.05) is 10.6 Å². The first-order valence-corrected chi connectivity index (χ1v) is 10.8. The quantitative estimate of drug-likeness (QED) is 0.478. The number of amides is 3. The van der Waals surface area contributed by atoms with E-state index in [1.54, 1.807) is 0 Å². The van der Waals surface area contributed by atoms with E-state index in [1.165, 1.54) is 32.4 Å². The van der Waals surface area contributed by atoms with Gasteiger partial charge in [-0.05, 0) is 48.2 Å². The molecule has 1 heterocycles. The molecule has 34 heavy (non-hydrogen) atoms. The molecule has 2 aromatic rings. The molecule has 2 aromatic carbocycles. The lowest BCUT2D eigenvalue weighted by molar-refractivity contribution is -0.137. The number of ether oxygens (including phenoxy) is 2. The highest BCUT2D eigenvalue weighted by molar-refractivity contribution is 8.18. The zero-order chi connectivity index (χ0) is 25.2. The summed E-state index contributed by atoms with van der Waals surface area (Å²) in [6.07, 6.45) is -3.30.